The fourth-order valence-corrected chi connectivity index (χ4v) is 4.19. The molecule has 1 atom stereocenters. The van der Waals surface area contributed by atoms with Gasteiger partial charge in [-0.15, -0.1) is 0 Å². The summed E-state index contributed by atoms with van der Waals surface area (Å²) < 4.78 is 1.18. The summed E-state index contributed by atoms with van der Waals surface area (Å²) in [5.41, 5.74) is 2.73. The Kier molecular flexibility index (Phi) is 4.65. The van der Waals surface area contributed by atoms with E-state index < -0.39 is 0 Å². The predicted molar refractivity (Wildman–Crippen MR) is 104 cm³/mol. The summed E-state index contributed by atoms with van der Waals surface area (Å²) in [6.45, 7) is 4.22. The van der Waals surface area contributed by atoms with Crippen LogP contribution < -0.4 is 5.32 Å². The zero-order chi connectivity index (χ0) is 16.4. The fraction of sp³-hybridized carbons (Fsp3) is 0.238. The van der Waals surface area contributed by atoms with Gasteiger partial charge in [0.1, 0.15) is 0 Å². The number of halogens is 1. The van der Waals surface area contributed by atoms with E-state index in [0.717, 1.165) is 26.2 Å². The molecule has 0 spiro atoms. The van der Waals surface area contributed by atoms with Gasteiger partial charge in [0.15, 0.2) is 0 Å². The Morgan fingerprint density at radius 1 is 0.792 bits per heavy atom. The molecule has 3 aromatic carbocycles. The largest absolute Gasteiger partial charge is 0.314 e. The van der Waals surface area contributed by atoms with E-state index in [1.165, 1.54) is 26.4 Å². The molecule has 0 saturated carbocycles. The average Bonchev–Trinajstić information content (AvgIpc) is 2.65. The van der Waals surface area contributed by atoms with E-state index in [9.17, 15) is 0 Å². The molecular weight excluding hydrogens is 360 g/mol. The predicted octanol–water partition coefficient (Wildman–Crippen LogP) is 4.60. The molecule has 1 aliphatic heterocycles. The Morgan fingerprint density at radius 3 is 2.29 bits per heavy atom. The number of fused-ring (bicyclic) bond motifs is 1. The summed E-state index contributed by atoms with van der Waals surface area (Å²) in [6.07, 6.45) is 0. The van der Waals surface area contributed by atoms with E-state index >= 15 is 0 Å². The highest BCUT2D eigenvalue weighted by Gasteiger charge is 2.26. The molecule has 24 heavy (non-hydrogen) atoms. The van der Waals surface area contributed by atoms with Crippen molar-refractivity contribution in [1.29, 1.82) is 0 Å². The Bertz CT molecular complexity index is 835. The summed E-state index contributed by atoms with van der Waals surface area (Å²) >= 11 is 3.78. The van der Waals surface area contributed by atoms with Crippen LogP contribution in [-0.2, 0) is 0 Å². The van der Waals surface area contributed by atoms with Gasteiger partial charge < -0.3 is 5.32 Å². The maximum atomic E-state index is 3.78. The molecule has 0 bridgehead atoms. The molecular formula is C21H21BrN2. The third-order valence-electron chi connectivity index (χ3n) is 4.83. The molecule has 1 unspecified atom stereocenters. The average molecular weight is 381 g/mol. The van der Waals surface area contributed by atoms with Crippen LogP contribution in [0.15, 0.2) is 71.2 Å². The standard InChI is InChI=1S/C21H21BrN2/c22-20-11-4-3-9-19(20)21(24-14-12-23-13-15-24)18-10-5-7-16-6-1-2-8-17(16)18/h1-11,21,23H,12-15H2. The zero-order valence-corrected chi connectivity index (χ0v) is 15.2. The van der Waals surface area contributed by atoms with Crippen LogP contribution in [0.25, 0.3) is 10.8 Å². The van der Waals surface area contributed by atoms with Crippen LogP contribution in [0.4, 0.5) is 0 Å². The Labute approximate surface area is 151 Å². The molecule has 1 heterocycles. The number of hydrogen-bond acceptors (Lipinski definition) is 2. The summed E-state index contributed by atoms with van der Waals surface area (Å²) in [7, 11) is 0. The van der Waals surface area contributed by atoms with Crippen molar-refractivity contribution < 1.29 is 0 Å². The number of rotatable bonds is 3. The second-order valence-corrected chi connectivity index (χ2v) is 7.13. The van der Waals surface area contributed by atoms with Crippen LogP contribution in [0.2, 0.25) is 0 Å². The van der Waals surface area contributed by atoms with Crippen molar-refractivity contribution in [3.05, 3.63) is 82.3 Å². The van der Waals surface area contributed by atoms with Crippen molar-refractivity contribution in [3.8, 4) is 0 Å². The van der Waals surface area contributed by atoms with Crippen molar-refractivity contribution >= 4 is 26.7 Å². The smallest absolute Gasteiger partial charge is 0.0619 e. The highest BCUT2D eigenvalue weighted by atomic mass is 79.9. The first kappa shape index (κ1) is 15.8. The minimum absolute atomic E-state index is 0.272. The first-order valence-electron chi connectivity index (χ1n) is 8.51. The molecule has 0 aliphatic carbocycles. The van der Waals surface area contributed by atoms with Gasteiger partial charge in [0.2, 0.25) is 0 Å². The van der Waals surface area contributed by atoms with Crippen LogP contribution in [0.5, 0.6) is 0 Å². The minimum Gasteiger partial charge on any atom is -0.314 e. The molecule has 2 nitrogen and oxygen atoms in total. The van der Waals surface area contributed by atoms with Crippen molar-refractivity contribution in [2.24, 2.45) is 0 Å². The van der Waals surface area contributed by atoms with Crippen LogP contribution in [-0.4, -0.2) is 31.1 Å². The number of nitrogens with zero attached hydrogens (tertiary/aromatic N) is 1. The third kappa shape index (κ3) is 3.00. The number of benzene rings is 3. The summed E-state index contributed by atoms with van der Waals surface area (Å²) in [5, 5.41) is 6.13. The quantitative estimate of drug-likeness (QED) is 0.714. The SMILES string of the molecule is Brc1ccccc1C(c1cccc2ccccc12)N1CCNCC1. The molecule has 4 rings (SSSR count). The monoisotopic (exact) mass is 380 g/mol. The lowest BCUT2D eigenvalue weighted by Crippen LogP contribution is -2.45. The first-order valence-corrected chi connectivity index (χ1v) is 9.31. The highest BCUT2D eigenvalue weighted by molar-refractivity contribution is 9.10. The second kappa shape index (κ2) is 7.06. The maximum absolute atomic E-state index is 3.78. The minimum atomic E-state index is 0.272. The number of hydrogen-bond donors (Lipinski definition) is 1. The van der Waals surface area contributed by atoms with Gasteiger partial charge in [-0.05, 0) is 28.0 Å². The van der Waals surface area contributed by atoms with Crippen LogP contribution in [0.3, 0.4) is 0 Å². The molecule has 1 N–H and O–H groups in total. The van der Waals surface area contributed by atoms with Crippen molar-refractivity contribution in [3.63, 3.8) is 0 Å². The van der Waals surface area contributed by atoms with E-state index in [2.05, 4.69) is 92.9 Å². The van der Waals surface area contributed by atoms with Gasteiger partial charge in [-0.25, -0.2) is 0 Å². The summed E-state index contributed by atoms with van der Waals surface area (Å²) in [6, 6.07) is 24.3. The molecule has 1 fully saturated rings. The van der Waals surface area contributed by atoms with Gasteiger partial charge >= 0.3 is 0 Å². The normalized spacial score (nSPS) is 17.0. The van der Waals surface area contributed by atoms with Crippen LogP contribution >= 0.6 is 15.9 Å². The van der Waals surface area contributed by atoms with Gasteiger partial charge in [0.25, 0.3) is 0 Å². The van der Waals surface area contributed by atoms with Crippen molar-refractivity contribution in [2.75, 3.05) is 26.2 Å². The molecule has 122 valence electrons. The van der Waals surface area contributed by atoms with Gasteiger partial charge in [-0.3, -0.25) is 4.90 Å². The van der Waals surface area contributed by atoms with Gasteiger partial charge in [-0.2, -0.15) is 0 Å². The van der Waals surface area contributed by atoms with E-state index in [-0.39, 0.29) is 6.04 Å². The van der Waals surface area contributed by atoms with Gasteiger partial charge in [-0.1, -0.05) is 76.6 Å². The van der Waals surface area contributed by atoms with Crippen LogP contribution in [0, 0.1) is 0 Å². The highest BCUT2D eigenvalue weighted by Crippen LogP contribution is 2.37. The topological polar surface area (TPSA) is 15.3 Å². The van der Waals surface area contributed by atoms with E-state index in [1.807, 2.05) is 0 Å². The lowest BCUT2D eigenvalue weighted by atomic mass is 9.92. The number of nitrogens with one attached hydrogen (secondary N) is 1. The van der Waals surface area contributed by atoms with E-state index in [0.29, 0.717) is 0 Å². The molecule has 0 amide bonds. The zero-order valence-electron chi connectivity index (χ0n) is 13.6. The van der Waals surface area contributed by atoms with E-state index in [1.54, 1.807) is 0 Å². The lowest BCUT2D eigenvalue weighted by molar-refractivity contribution is 0.199. The summed E-state index contributed by atoms with van der Waals surface area (Å²) in [5.74, 6) is 0. The third-order valence-corrected chi connectivity index (χ3v) is 5.56. The van der Waals surface area contributed by atoms with Crippen molar-refractivity contribution in [2.45, 2.75) is 6.04 Å². The number of piperazine rings is 1. The lowest BCUT2D eigenvalue weighted by Gasteiger charge is -2.36. The molecule has 0 radical (unpaired) electrons. The van der Waals surface area contributed by atoms with Gasteiger partial charge in [0.05, 0.1) is 6.04 Å². The Morgan fingerprint density at radius 2 is 1.46 bits per heavy atom. The van der Waals surface area contributed by atoms with Crippen LogP contribution in [0.1, 0.15) is 17.2 Å². The fourth-order valence-electron chi connectivity index (χ4n) is 3.69. The molecule has 1 saturated heterocycles. The second-order valence-electron chi connectivity index (χ2n) is 6.28. The van der Waals surface area contributed by atoms with Crippen molar-refractivity contribution in [1.82, 2.24) is 10.2 Å². The molecule has 1 aliphatic rings. The Balaban J connectivity index is 1.90. The Hall–Kier alpha value is -1.68. The molecule has 0 aromatic heterocycles. The van der Waals surface area contributed by atoms with E-state index in [4.69, 9.17) is 0 Å². The maximum Gasteiger partial charge on any atom is 0.0619 e. The molecule has 3 heteroatoms. The van der Waals surface area contributed by atoms with Gasteiger partial charge in [0, 0.05) is 30.7 Å². The summed E-state index contributed by atoms with van der Waals surface area (Å²) in [4.78, 5) is 2.60. The molecule has 3 aromatic rings. The first-order chi connectivity index (χ1) is 11.8.